The fourth-order valence-corrected chi connectivity index (χ4v) is 3.45. The van der Waals surface area contributed by atoms with Crippen molar-refractivity contribution in [1.82, 2.24) is 15.1 Å². The molecule has 0 bridgehead atoms. The van der Waals surface area contributed by atoms with Gasteiger partial charge in [0.05, 0.1) is 5.75 Å². The molecule has 0 aliphatic heterocycles. The molecule has 5 nitrogen and oxygen atoms in total. The highest BCUT2D eigenvalue weighted by atomic mass is 32.2. The highest BCUT2D eigenvalue weighted by Crippen LogP contribution is 2.27. The number of rotatable bonds is 5. The molecule has 1 heterocycles. The van der Waals surface area contributed by atoms with Crippen molar-refractivity contribution in [3.05, 3.63) is 5.01 Å². The topological polar surface area (TPSA) is 58.1 Å². The summed E-state index contributed by atoms with van der Waals surface area (Å²) in [5, 5.41) is 12.3. The summed E-state index contributed by atoms with van der Waals surface area (Å²) in [5.74, 6) is 0.186. The van der Waals surface area contributed by atoms with Crippen molar-refractivity contribution in [3.8, 4) is 0 Å². The zero-order valence-electron chi connectivity index (χ0n) is 13.1. The van der Waals surface area contributed by atoms with Crippen molar-refractivity contribution in [2.24, 2.45) is 0 Å². The molecule has 0 fully saturated rings. The van der Waals surface area contributed by atoms with Crippen LogP contribution in [0.4, 0.5) is 5.13 Å². The van der Waals surface area contributed by atoms with E-state index in [9.17, 15) is 4.79 Å². The number of carbonyl (C=O) groups excluding carboxylic acids is 1. The van der Waals surface area contributed by atoms with E-state index in [4.69, 9.17) is 12.2 Å². The molecule has 0 saturated carbocycles. The van der Waals surface area contributed by atoms with Gasteiger partial charge in [-0.25, -0.2) is 0 Å². The van der Waals surface area contributed by atoms with E-state index in [1.54, 1.807) is 0 Å². The second kappa shape index (κ2) is 8.05. The standard InChI is InChI=1S/C13H22N4OS3/c1-6-17(7-2)12(19)20-8-9(18)14-11-16-15-10(21-11)13(3,4)5/h6-8H2,1-5H3,(H,14,16,18). The van der Waals surface area contributed by atoms with Crippen LogP contribution in [0.5, 0.6) is 0 Å². The lowest BCUT2D eigenvalue weighted by Gasteiger charge is -2.20. The van der Waals surface area contributed by atoms with Crippen molar-refractivity contribution in [3.63, 3.8) is 0 Å². The minimum Gasteiger partial charge on any atom is -0.358 e. The Labute approximate surface area is 139 Å². The normalized spacial score (nSPS) is 11.3. The summed E-state index contributed by atoms with van der Waals surface area (Å²) in [7, 11) is 0. The van der Waals surface area contributed by atoms with Crippen molar-refractivity contribution >= 4 is 50.7 Å². The SMILES string of the molecule is CCN(CC)C(=S)SCC(=O)Nc1nnc(C(C)(C)C)s1. The molecule has 0 aromatic carbocycles. The van der Waals surface area contributed by atoms with Gasteiger partial charge in [0.1, 0.15) is 9.33 Å². The van der Waals surface area contributed by atoms with Gasteiger partial charge in [-0.15, -0.1) is 10.2 Å². The van der Waals surface area contributed by atoms with Crippen molar-refractivity contribution in [2.75, 3.05) is 24.2 Å². The molecule has 0 atom stereocenters. The summed E-state index contributed by atoms with van der Waals surface area (Å²) in [6.45, 7) is 12.0. The number of nitrogens with one attached hydrogen (secondary N) is 1. The maximum absolute atomic E-state index is 11.9. The quantitative estimate of drug-likeness (QED) is 0.827. The predicted octanol–water partition coefficient (Wildman–Crippen LogP) is 3.13. The first-order valence-electron chi connectivity index (χ1n) is 6.83. The van der Waals surface area contributed by atoms with Crippen LogP contribution in [0, 0.1) is 0 Å². The van der Waals surface area contributed by atoms with Gasteiger partial charge in [-0.2, -0.15) is 0 Å². The number of nitrogens with zero attached hydrogens (tertiary/aromatic N) is 3. The summed E-state index contributed by atoms with van der Waals surface area (Å²) >= 11 is 8.08. The van der Waals surface area contributed by atoms with Crippen molar-refractivity contribution < 1.29 is 4.79 Å². The zero-order chi connectivity index (χ0) is 16.0. The summed E-state index contributed by atoms with van der Waals surface area (Å²) in [6, 6.07) is 0. The second-order valence-electron chi connectivity index (χ2n) is 5.44. The van der Waals surface area contributed by atoms with Gasteiger partial charge < -0.3 is 4.90 Å². The monoisotopic (exact) mass is 346 g/mol. The second-order valence-corrected chi connectivity index (χ2v) is 8.02. The third-order valence-corrected chi connectivity index (χ3v) is 5.45. The van der Waals surface area contributed by atoms with Gasteiger partial charge in [0.25, 0.3) is 0 Å². The van der Waals surface area contributed by atoms with E-state index < -0.39 is 0 Å². The van der Waals surface area contributed by atoms with E-state index in [2.05, 4.69) is 41.2 Å². The smallest absolute Gasteiger partial charge is 0.236 e. The summed E-state index contributed by atoms with van der Waals surface area (Å²) in [4.78, 5) is 14.0. The minimum atomic E-state index is -0.105. The Morgan fingerprint density at radius 3 is 2.43 bits per heavy atom. The van der Waals surface area contributed by atoms with Crippen molar-refractivity contribution in [2.45, 2.75) is 40.0 Å². The Morgan fingerprint density at radius 2 is 1.95 bits per heavy atom. The average molecular weight is 347 g/mol. The number of aromatic nitrogens is 2. The number of thiocarbonyl (C=S) groups is 1. The number of carbonyl (C=O) groups is 1. The van der Waals surface area contributed by atoms with Crippen LogP contribution >= 0.6 is 35.3 Å². The number of thioether (sulfide) groups is 1. The zero-order valence-corrected chi connectivity index (χ0v) is 15.5. The fourth-order valence-electron chi connectivity index (χ4n) is 1.43. The Morgan fingerprint density at radius 1 is 1.33 bits per heavy atom. The van der Waals surface area contributed by atoms with E-state index in [1.807, 2.05) is 13.8 Å². The van der Waals surface area contributed by atoms with Gasteiger partial charge in [0.2, 0.25) is 11.0 Å². The average Bonchev–Trinajstić information content (AvgIpc) is 2.86. The third kappa shape index (κ3) is 5.88. The van der Waals surface area contributed by atoms with Gasteiger partial charge >= 0.3 is 0 Å². The number of anilines is 1. The van der Waals surface area contributed by atoms with Gasteiger partial charge in [-0.3, -0.25) is 10.1 Å². The van der Waals surface area contributed by atoms with Gasteiger partial charge in [-0.1, -0.05) is 56.1 Å². The molecule has 1 amide bonds. The van der Waals surface area contributed by atoms with Crippen molar-refractivity contribution in [1.29, 1.82) is 0 Å². The van der Waals surface area contributed by atoms with E-state index >= 15 is 0 Å². The summed E-state index contributed by atoms with van der Waals surface area (Å²) in [5.41, 5.74) is -0.0558. The maximum atomic E-state index is 11.9. The molecule has 0 unspecified atom stereocenters. The Kier molecular flexibility index (Phi) is 7.02. The lowest BCUT2D eigenvalue weighted by molar-refractivity contribution is -0.113. The van der Waals surface area contributed by atoms with Crippen LogP contribution in [0.25, 0.3) is 0 Å². The lowest BCUT2D eigenvalue weighted by atomic mass is 9.98. The molecule has 1 aromatic rings. The van der Waals surface area contributed by atoms with Crippen LogP contribution in [0.3, 0.4) is 0 Å². The molecule has 0 spiro atoms. The molecule has 8 heteroatoms. The van der Waals surface area contributed by atoms with E-state index in [-0.39, 0.29) is 11.3 Å². The molecule has 21 heavy (non-hydrogen) atoms. The molecule has 0 radical (unpaired) electrons. The first kappa shape index (κ1) is 18.3. The molecule has 0 saturated heterocycles. The molecule has 1 aromatic heterocycles. The maximum Gasteiger partial charge on any atom is 0.236 e. The summed E-state index contributed by atoms with van der Waals surface area (Å²) in [6.07, 6.45) is 0. The molecule has 1 N–H and O–H groups in total. The van der Waals surface area contributed by atoms with Gasteiger partial charge in [0, 0.05) is 18.5 Å². The van der Waals surface area contributed by atoms with Crippen LogP contribution in [-0.2, 0) is 10.2 Å². The fraction of sp³-hybridized carbons (Fsp3) is 0.692. The summed E-state index contributed by atoms with van der Waals surface area (Å²) < 4.78 is 0.753. The Hall–Kier alpha value is -0.730. The first-order valence-corrected chi connectivity index (χ1v) is 9.04. The van der Waals surface area contributed by atoms with Gasteiger partial charge in [0.15, 0.2) is 0 Å². The first-order chi connectivity index (χ1) is 9.77. The largest absolute Gasteiger partial charge is 0.358 e. The van der Waals surface area contributed by atoms with E-state index in [1.165, 1.54) is 23.1 Å². The Balaban J connectivity index is 2.47. The predicted molar refractivity (Wildman–Crippen MR) is 95.2 cm³/mol. The van der Waals surface area contributed by atoms with Crippen LogP contribution in [0.1, 0.15) is 39.6 Å². The molecule has 118 valence electrons. The molecular formula is C13H22N4OS3. The van der Waals surface area contributed by atoms with E-state index in [0.29, 0.717) is 10.9 Å². The number of hydrogen-bond donors (Lipinski definition) is 1. The van der Waals surface area contributed by atoms with Crippen LogP contribution in [0.2, 0.25) is 0 Å². The highest BCUT2D eigenvalue weighted by Gasteiger charge is 2.20. The van der Waals surface area contributed by atoms with E-state index in [0.717, 1.165) is 22.4 Å². The lowest BCUT2D eigenvalue weighted by Crippen LogP contribution is -2.28. The molecule has 0 aliphatic carbocycles. The highest BCUT2D eigenvalue weighted by molar-refractivity contribution is 8.23. The minimum absolute atomic E-state index is 0.0558. The molecular weight excluding hydrogens is 324 g/mol. The van der Waals surface area contributed by atoms with Crippen LogP contribution in [-0.4, -0.2) is 44.2 Å². The third-order valence-electron chi connectivity index (χ3n) is 2.66. The van der Waals surface area contributed by atoms with Crippen LogP contribution in [0.15, 0.2) is 0 Å². The molecule has 1 rings (SSSR count). The molecule has 0 aliphatic rings. The number of hydrogen-bond acceptors (Lipinski definition) is 6. The Bertz CT molecular complexity index is 492. The van der Waals surface area contributed by atoms with Crippen LogP contribution < -0.4 is 5.32 Å². The number of amides is 1. The van der Waals surface area contributed by atoms with Gasteiger partial charge in [-0.05, 0) is 13.8 Å².